The Morgan fingerprint density at radius 1 is 0.909 bits per heavy atom. The van der Waals surface area contributed by atoms with Crippen LogP contribution in [0.15, 0.2) is 60.7 Å². The summed E-state index contributed by atoms with van der Waals surface area (Å²) in [5, 5.41) is 13.3. The van der Waals surface area contributed by atoms with Crippen molar-refractivity contribution >= 4 is 16.5 Å². The number of rotatable bonds is 4. The number of nitrogens with zero attached hydrogens (tertiary/aromatic N) is 1. The van der Waals surface area contributed by atoms with E-state index < -0.39 is 10.7 Å². The Morgan fingerprint density at radius 2 is 1.64 bits per heavy atom. The Balaban J connectivity index is 1.92. The molecule has 3 nitrogen and oxygen atoms in total. The largest absolute Gasteiger partial charge is 0.272 e. The van der Waals surface area contributed by atoms with Crippen LogP contribution in [0, 0.1) is 15.9 Å². The molecule has 0 unspecified atom stereocenters. The normalized spacial score (nSPS) is 10.8. The minimum atomic E-state index is -0.460. The average Bonchev–Trinajstić information content (AvgIpc) is 2.52. The zero-order valence-electron chi connectivity index (χ0n) is 11.8. The van der Waals surface area contributed by atoms with Crippen molar-refractivity contribution in [2.24, 2.45) is 0 Å². The molecule has 0 aliphatic heterocycles. The Morgan fingerprint density at radius 3 is 2.45 bits per heavy atom. The fourth-order valence-corrected chi connectivity index (χ4v) is 2.71. The third-order valence-corrected chi connectivity index (χ3v) is 3.78. The summed E-state index contributed by atoms with van der Waals surface area (Å²) in [6, 6.07) is 17.6. The first-order valence-electron chi connectivity index (χ1n) is 7.04. The van der Waals surface area contributed by atoms with Gasteiger partial charge in [-0.1, -0.05) is 42.5 Å². The summed E-state index contributed by atoms with van der Waals surface area (Å²) in [5.74, 6) is -0.446. The van der Waals surface area contributed by atoms with Crippen LogP contribution in [-0.2, 0) is 12.8 Å². The average molecular weight is 295 g/mol. The molecule has 3 aromatic rings. The lowest BCUT2D eigenvalue weighted by atomic mass is 9.98. The van der Waals surface area contributed by atoms with Gasteiger partial charge in [0.2, 0.25) is 0 Å². The van der Waals surface area contributed by atoms with Crippen LogP contribution in [0.3, 0.4) is 0 Å². The summed E-state index contributed by atoms with van der Waals surface area (Å²) in [5.41, 5.74) is 1.51. The lowest BCUT2D eigenvalue weighted by molar-refractivity contribution is -0.385. The number of halogens is 1. The Bertz CT molecular complexity index is 840. The van der Waals surface area contributed by atoms with Crippen LogP contribution < -0.4 is 0 Å². The van der Waals surface area contributed by atoms with E-state index in [9.17, 15) is 14.5 Å². The highest BCUT2D eigenvalue weighted by Gasteiger charge is 2.14. The Kier molecular flexibility index (Phi) is 3.83. The minimum absolute atomic E-state index is 0.0263. The molecule has 0 bridgehead atoms. The van der Waals surface area contributed by atoms with Gasteiger partial charge in [-0.25, -0.2) is 4.39 Å². The van der Waals surface area contributed by atoms with Gasteiger partial charge in [-0.15, -0.1) is 0 Å². The van der Waals surface area contributed by atoms with Crippen LogP contribution in [0.4, 0.5) is 10.1 Å². The summed E-state index contributed by atoms with van der Waals surface area (Å²) in [6.07, 6.45) is 1.06. The first-order chi connectivity index (χ1) is 10.6. The maximum Gasteiger partial charge on any atom is 0.272 e. The molecule has 0 aromatic heterocycles. The second kappa shape index (κ2) is 5.93. The topological polar surface area (TPSA) is 43.1 Å². The van der Waals surface area contributed by atoms with Gasteiger partial charge in [0, 0.05) is 11.6 Å². The van der Waals surface area contributed by atoms with E-state index in [4.69, 9.17) is 0 Å². The fourth-order valence-electron chi connectivity index (χ4n) is 2.71. The van der Waals surface area contributed by atoms with Crippen LogP contribution in [0.5, 0.6) is 0 Å². The molecule has 0 aliphatic carbocycles. The van der Waals surface area contributed by atoms with Crippen LogP contribution >= 0.6 is 0 Å². The maximum absolute atomic E-state index is 13.4. The molecule has 0 fully saturated rings. The molecule has 3 aromatic carbocycles. The number of nitro benzene ring substituents is 1. The zero-order chi connectivity index (χ0) is 15.5. The number of aryl methyl sites for hydroxylation is 2. The summed E-state index contributed by atoms with van der Waals surface area (Å²) in [7, 11) is 0. The van der Waals surface area contributed by atoms with E-state index in [2.05, 4.69) is 0 Å². The van der Waals surface area contributed by atoms with E-state index in [1.54, 1.807) is 0 Å². The lowest BCUT2D eigenvalue weighted by Gasteiger charge is -2.07. The molecule has 0 radical (unpaired) electrons. The van der Waals surface area contributed by atoms with Gasteiger partial charge in [0.25, 0.3) is 5.69 Å². The molecule has 22 heavy (non-hydrogen) atoms. The number of hydrogen-bond acceptors (Lipinski definition) is 2. The minimum Gasteiger partial charge on any atom is -0.258 e. The molecule has 0 N–H and O–H groups in total. The van der Waals surface area contributed by atoms with Crippen LogP contribution in [0.1, 0.15) is 11.1 Å². The molecule has 0 aliphatic rings. The molecule has 0 saturated heterocycles. The molecule has 0 spiro atoms. The summed E-state index contributed by atoms with van der Waals surface area (Å²) < 4.78 is 13.4. The van der Waals surface area contributed by atoms with E-state index >= 15 is 0 Å². The smallest absolute Gasteiger partial charge is 0.258 e. The Labute approximate surface area is 127 Å². The van der Waals surface area contributed by atoms with Crippen molar-refractivity contribution in [3.05, 3.63) is 87.7 Å². The van der Waals surface area contributed by atoms with E-state index in [1.807, 2.05) is 42.5 Å². The monoisotopic (exact) mass is 295 g/mol. The highest BCUT2D eigenvalue weighted by atomic mass is 19.1. The lowest BCUT2D eigenvalue weighted by Crippen LogP contribution is -1.99. The van der Waals surface area contributed by atoms with E-state index in [1.165, 1.54) is 12.1 Å². The first-order valence-corrected chi connectivity index (χ1v) is 7.04. The maximum atomic E-state index is 13.4. The van der Waals surface area contributed by atoms with Crippen molar-refractivity contribution in [1.82, 2.24) is 0 Å². The molecule has 0 heterocycles. The predicted octanol–water partition coefficient (Wildman–Crippen LogP) is 4.67. The fraction of sp³-hybridized carbons (Fsp3) is 0.111. The predicted molar refractivity (Wildman–Crippen MR) is 84.4 cm³/mol. The number of hydrogen-bond donors (Lipinski definition) is 0. The molecule has 4 heteroatoms. The van der Waals surface area contributed by atoms with E-state index in [0.717, 1.165) is 22.4 Å². The van der Waals surface area contributed by atoms with Crippen molar-refractivity contribution in [2.75, 3.05) is 0 Å². The van der Waals surface area contributed by atoms with Gasteiger partial charge in [0.05, 0.1) is 4.92 Å². The Hall–Kier alpha value is -2.75. The van der Waals surface area contributed by atoms with Crippen molar-refractivity contribution in [3.8, 4) is 0 Å². The second-order valence-corrected chi connectivity index (χ2v) is 5.17. The summed E-state index contributed by atoms with van der Waals surface area (Å²) in [6.45, 7) is 0. The molecule has 0 amide bonds. The number of nitro groups is 1. The quantitative estimate of drug-likeness (QED) is 0.518. The van der Waals surface area contributed by atoms with Crippen LogP contribution in [0.2, 0.25) is 0 Å². The van der Waals surface area contributed by atoms with Crippen molar-refractivity contribution in [3.63, 3.8) is 0 Å². The van der Waals surface area contributed by atoms with Gasteiger partial charge in [-0.3, -0.25) is 10.1 Å². The third kappa shape index (κ3) is 2.81. The standard InChI is InChI=1S/C18H14FNO2/c19-16-10-11-18(20(21)22)15(12-16)9-8-14-6-3-5-13-4-1-2-7-17(13)14/h1-7,10-12H,8-9H2. The third-order valence-electron chi connectivity index (χ3n) is 3.78. The summed E-state index contributed by atoms with van der Waals surface area (Å²) in [4.78, 5) is 10.6. The summed E-state index contributed by atoms with van der Waals surface area (Å²) >= 11 is 0. The van der Waals surface area contributed by atoms with Gasteiger partial charge in [0.15, 0.2) is 0 Å². The van der Waals surface area contributed by atoms with Gasteiger partial charge in [-0.05, 0) is 41.3 Å². The molecule has 0 atom stereocenters. The van der Waals surface area contributed by atoms with E-state index in [-0.39, 0.29) is 5.69 Å². The van der Waals surface area contributed by atoms with Gasteiger partial charge in [0.1, 0.15) is 5.82 Å². The van der Waals surface area contributed by atoms with Gasteiger partial charge < -0.3 is 0 Å². The molecular weight excluding hydrogens is 281 g/mol. The highest BCUT2D eigenvalue weighted by molar-refractivity contribution is 5.85. The number of fused-ring (bicyclic) bond motifs is 1. The van der Waals surface area contributed by atoms with Gasteiger partial charge >= 0.3 is 0 Å². The van der Waals surface area contributed by atoms with Gasteiger partial charge in [-0.2, -0.15) is 0 Å². The second-order valence-electron chi connectivity index (χ2n) is 5.17. The SMILES string of the molecule is O=[N+]([O-])c1ccc(F)cc1CCc1cccc2ccccc12. The van der Waals surface area contributed by atoms with Crippen molar-refractivity contribution in [1.29, 1.82) is 0 Å². The van der Waals surface area contributed by atoms with Crippen molar-refractivity contribution < 1.29 is 9.31 Å². The first kappa shape index (κ1) is 14.2. The molecule has 3 rings (SSSR count). The van der Waals surface area contributed by atoms with E-state index in [0.29, 0.717) is 18.4 Å². The van der Waals surface area contributed by atoms with Crippen molar-refractivity contribution in [2.45, 2.75) is 12.8 Å². The van der Waals surface area contributed by atoms with Crippen LogP contribution in [0.25, 0.3) is 10.8 Å². The highest BCUT2D eigenvalue weighted by Crippen LogP contribution is 2.24. The number of benzene rings is 3. The zero-order valence-corrected chi connectivity index (χ0v) is 11.8. The molecule has 0 saturated carbocycles. The molecular formula is C18H14FNO2. The van der Waals surface area contributed by atoms with Crippen LogP contribution in [-0.4, -0.2) is 4.92 Å². The molecule has 110 valence electrons.